The Balaban J connectivity index is 1.39. The molecular weight excluding hydrogens is 409 g/mol. The molecule has 166 valence electrons. The summed E-state index contributed by atoms with van der Waals surface area (Å²) < 4.78 is 21.6. The largest absolute Gasteiger partial charge is 0.381 e. The van der Waals surface area contributed by atoms with Gasteiger partial charge in [-0.15, -0.1) is 0 Å². The maximum Gasteiger partial charge on any atom is 0.254 e. The van der Waals surface area contributed by atoms with Crippen molar-refractivity contribution in [2.45, 2.75) is 44.7 Å². The Morgan fingerprint density at radius 1 is 1.06 bits per heavy atom. The standard InChI is InChI=1S/C24H26FN5O2/c1-15-8-22(25)21(24(31)29-18-2-3-18)10-23(15)30-14-17(12-27-30)16-9-20(13-26-11-16)28-19-4-6-32-7-5-19/h8-14,18-19,28H,2-7H2,1H3,(H,29,31). The number of anilines is 1. The van der Waals surface area contributed by atoms with Crippen LogP contribution in [0.4, 0.5) is 10.1 Å². The molecule has 3 heterocycles. The molecule has 0 atom stereocenters. The van der Waals surface area contributed by atoms with Crippen molar-refractivity contribution < 1.29 is 13.9 Å². The molecule has 1 aromatic carbocycles. The van der Waals surface area contributed by atoms with Gasteiger partial charge in [-0.1, -0.05) is 0 Å². The van der Waals surface area contributed by atoms with Crippen molar-refractivity contribution in [2.24, 2.45) is 0 Å². The normalized spacial score (nSPS) is 16.7. The molecule has 1 aliphatic heterocycles. The van der Waals surface area contributed by atoms with Gasteiger partial charge in [-0.2, -0.15) is 5.10 Å². The number of carbonyl (C=O) groups is 1. The highest BCUT2D eigenvalue weighted by molar-refractivity contribution is 5.95. The maximum atomic E-state index is 14.5. The molecule has 1 amide bonds. The first-order valence-electron chi connectivity index (χ1n) is 11.0. The zero-order valence-electron chi connectivity index (χ0n) is 18.0. The van der Waals surface area contributed by atoms with Crippen molar-refractivity contribution in [3.05, 3.63) is 59.9 Å². The van der Waals surface area contributed by atoms with Crippen LogP contribution in [0.3, 0.4) is 0 Å². The number of pyridine rings is 1. The lowest BCUT2D eigenvalue weighted by molar-refractivity contribution is 0.0904. The van der Waals surface area contributed by atoms with E-state index >= 15 is 0 Å². The number of hydrogen-bond donors (Lipinski definition) is 2. The second kappa shape index (κ2) is 8.70. The maximum absolute atomic E-state index is 14.5. The number of amides is 1. The molecule has 2 fully saturated rings. The molecule has 32 heavy (non-hydrogen) atoms. The fraction of sp³-hybridized carbons (Fsp3) is 0.375. The van der Waals surface area contributed by atoms with Crippen molar-refractivity contribution >= 4 is 11.6 Å². The number of aromatic nitrogens is 3. The molecule has 1 saturated heterocycles. The van der Waals surface area contributed by atoms with Crippen molar-refractivity contribution in [3.8, 4) is 16.8 Å². The van der Waals surface area contributed by atoms with Gasteiger partial charge in [0.05, 0.1) is 23.1 Å². The summed E-state index contributed by atoms with van der Waals surface area (Å²) in [6.07, 6.45) is 11.1. The highest BCUT2D eigenvalue weighted by Crippen LogP contribution is 2.26. The van der Waals surface area contributed by atoms with Crippen LogP contribution in [0.1, 0.15) is 41.6 Å². The van der Waals surface area contributed by atoms with E-state index in [9.17, 15) is 9.18 Å². The van der Waals surface area contributed by atoms with Crippen molar-refractivity contribution in [2.75, 3.05) is 18.5 Å². The monoisotopic (exact) mass is 435 g/mol. The zero-order valence-corrected chi connectivity index (χ0v) is 18.0. The van der Waals surface area contributed by atoms with Crippen LogP contribution in [0.2, 0.25) is 0 Å². The minimum atomic E-state index is -0.520. The van der Waals surface area contributed by atoms with E-state index in [0.29, 0.717) is 17.3 Å². The van der Waals surface area contributed by atoms with Crippen molar-refractivity contribution in [3.63, 3.8) is 0 Å². The molecule has 0 unspecified atom stereocenters. The van der Waals surface area contributed by atoms with Crippen molar-refractivity contribution in [1.29, 1.82) is 0 Å². The number of nitrogens with one attached hydrogen (secondary N) is 2. The summed E-state index contributed by atoms with van der Waals surface area (Å²) in [5, 5.41) is 10.8. The number of nitrogens with zero attached hydrogens (tertiary/aromatic N) is 3. The predicted molar refractivity (Wildman–Crippen MR) is 119 cm³/mol. The molecule has 0 spiro atoms. The average molecular weight is 436 g/mol. The van der Waals surface area contributed by atoms with E-state index in [1.165, 1.54) is 6.07 Å². The smallest absolute Gasteiger partial charge is 0.254 e. The summed E-state index contributed by atoms with van der Waals surface area (Å²) in [6, 6.07) is 5.55. The summed E-state index contributed by atoms with van der Waals surface area (Å²) in [4.78, 5) is 16.8. The molecule has 1 aliphatic carbocycles. The minimum absolute atomic E-state index is 0.0406. The number of hydrogen-bond acceptors (Lipinski definition) is 5. The van der Waals surface area contributed by atoms with Crippen LogP contribution in [0.5, 0.6) is 0 Å². The van der Waals surface area contributed by atoms with Gasteiger partial charge in [0.15, 0.2) is 0 Å². The van der Waals surface area contributed by atoms with E-state index < -0.39 is 5.82 Å². The van der Waals surface area contributed by atoms with Gasteiger partial charge < -0.3 is 15.4 Å². The van der Waals surface area contributed by atoms with Gasteiger partial charge in [0.25, 0.3) is 5.91 Å². The molecule has 2 aliphatic rings. The molecule has 2 aromatic heterocycles. The lowest BCUT2D eigenvalue weighted by atomic mass is 10.1. The van der Waals surface area contributed by atoms with Crippen LogP contribution < -0.4 is 10.6 Å². The summed E-state index contributed by atoms with van der Waals surface area (Å²) in [5.41, 5.74) is 4.19. The Bertz CT molecular complexity index is 1140. The molecule has 1 saturated carbocycles. The first-order valence-corrected chi connectivity index (χ1v) is 11.0. The first kappa shape index (κ1) is 20.6. The number of rotatable bonds is 6. The average Bonchev–Trinajstić information content (AvgIpc) is 3.46. The van der Waals surface area contributed by atoms with Gasteiger partial charge in [-0.3, -0.25) is 9.78 Å². The molecule has 2 N–H and O–H groups in total. The van der Waals surface area contributed by atoms with Crippen LogP contribution in [0, 0.1) is 12.7 Å². The van der Waals surface area contributed by atoms with E-state index in [1.54, 1.807) is 23.1 Å². The first-order chi connectivity index (χ1) is 15.6. The Labute approximate surface area is 186 Å². The van der Waals surface area contributed by atoms with Gasteiger partial charge in [0.2, 0.25) is 0 Å². The summed E-state index contributed by atoms with van der Waals surface area (Å²) in [7, 11) is 0. The fourth-order valence-corrected chi connectivity index (χ4v) is 3.93. The Hall–Kier alpha value is -3.26. The molecule has 3 aromatic rings. The molecule has 7 nitrogen and oxygen atoms in total. The topological polar surface area (TPSA) is 81.1 Å². The molecule has 5 rings (SSSR count). The Morgan fingerprint density at radius 3 is 2.66 bits per heavy atom. The number of benzene rings is 1. The van der Waals surface area contributed by atoms with Gasteiger partial charge in [-0.25, -0.2) is 9.07 Å². The quantitative estimate of drug-likeness (QED) is 0.615. The number of halogens is 1. The number of ether oxygens (including phenoxy) is 1. The highest BCUT2D eigenvalue weighted by Gasteiger charge is 2.25. The van der Waals surface area contributed by atoms with Gasteiger partial charge in [0.1, 0.15) is 5.82 Å². The third-order valence-corrected chi connectivity index (χ3v) is 5.94. The van der Waals surface area contributed by atoms with E-state index in [2.05, 4.69) is 26.8 Å². The Kier molecular flexibility index (Phi) is 5.61. The lowest BCUT2D eigenvalue weighted by Crippen LogP contribution is -2.27. The van der Waals surface area contributed by atoms with Crippen LogP contribution in [0.25, 0.3) is 16.8 Å². The Morgan fingerprint density at radius 2 is 1.88 bits per heavy atom. The van der Waals surface area contributed by atoms with Crippen LogP contribution >= 0.6 is 0 Å². The summed E-state index contributed by atoms with van der Waals surface area (Å²) in [6.45, 7) is 3.35. The van der Waals surface area contributed by atoms with E-state index in [0.717, 1.165) is 55.7 Å². The number of carbonyl (C=O) groups excluding carboxylic acids is 1. The second-order valence-corrected chi connectivity index (χ2v) is 8.53. The number of aryl methyl sites for hydroxylation is 1. The zero-order chi connectivity index (χ0) is 22.1. The van der Waals surface area contributed by atoms with E-state index in [1.807, 2.05) is 19.3 Å². The lowest BCUT2D eigenvalue weighted by Gasteiger charge is -2.24. The summed E-state index contributed by atoms with van der Waals surface area (Å²) >= 11 is 0. The molecule has 0 bridgehead atoms. The third kappa shape index (κ3) is 4.50. The second-order valence-electron chi connectivity index (χ2n) is 8.53. The molecule has 0 radical (unpaired) electrons. The predicted octanol–water partition coefficient (Wildman–Crippen LogP) is 3.86. The van der Waals surface area contributed by atoms with Gasteiger partial charge in [0, 0.05) is 55.0 Å². The van der Waals surface area contributed by atoms with Crippen LogP contribution in [-0.2, 0) is 4.74 Å². The van der Waals surface area contributed by atoms with Crippen molar-refractivity contribution in [1.82, 2.24) is 20.1 Å². The van der Waals surface area contributed by atoms with Gasteiger partial charge in [-0.05, 0) is 56.4 Å². The highest BCUT2D eigenvalue weighted by atomic mass is 19.1. The van der Waals surface area contributed by atoms with Crippen LogP contribution in [0.15, 0.2) is 43.0 Å². The van der Waals surface area contributed by atoms with E-state index in [-0.39, 0.29) is 17.5 Å². The molecule has 8 heteroatoms. The van der Waals surface area contributed by atoms with E-state index in [4.69, 9.17) is 4.74 Å². The minimum Gasteiger partial charge on any atom is -0.381 e. The van der Waals surface area contributed by atoms with Gasteiger partial charge >= 0.3 is 0 Å². The summed E-state index contributed by atoms with van der Waals surface area (Å²) in [5.74, 6) is -0.900. The third-order valence-electron chi connectivity index (χ3n) is 5.94. The van der Waals surface area contributed by atoms with Crippen LogP contribution in [-0.4, -0.2) is 46.0 Å². The molecular formula is C24H26FN5O2. The fourth-order valence-electron chi connectivity index (χ4n) is 3.93. The SMILES string of the molecule is Cc1cc(F)c(C(=O)NC2CC2)cc1-n1cc(-c2cncc(NC3CCOCC3)c2)cn1.